The molecule has 1 fully saturated rings. The van der Waals surface area contributed by atoms with Gasteiger partial charge in [0.25, 0.3) is 11.8 Å². The highest BCUT2D eigenvalue weighted by Gasteiger charge is 2.28. The molecule has 0 atom stereocenters. The van der Waals surface area contributed by atoms with Gasteiger partial charge in [-0.05, 0) is 43.2 Å². The van der Waals surface area contributed by atoms with Crippen LogP contribution < -0.4 is 15.4 Å². The highest BCUT2D eigenvalue weighted by Crippen LogP contribution is 2.30. The van der Waals surface area contributed by atoms with Crippen molar-refractivity contribution in [3.05, 3.63) is 64.3 Å². The van der Waals surface area contributed by atoms with Crippen molar-refractivity contribution in [3.63, 3.8) is 0 Å². The van der Waals surface area contributed by atoms with E-state index in [9.17, 15) is 27.6 Å². The van der Waals surface area contributed by atoms with Gasteiger partial charge in [-0.2, -0.15) is 0 Å². The molecular formula is C25H23F3N2O5S. The molecule has 1 aromatic heterocycles. The van der Waals surface area contributed by atoms with Gasteiger partial charge in [0.05, 0.1) is 21.6 Å². The van der Waals surface area contributed by atoms with Crippen LogP contribution in [0.2, 0.25) is 0 Å². The van der Waals surface area contributed by atoms with Gasteiger partial charge in [0.15, 0.2) is 0 Å². The minimum atomic E-state index is -1.10. The summed E-state index contributed by atoms with van der Waals surface area (Å²) in [7, 11) is 0. The van der Waals surface area contributed by atoms with Crippen LogP contribution in [0.5, 0.6) is 5.75 Å². The second kappa shape index (κ2) is 11.0. The molecule has 1 aliphatic carbocycles. The van der Waals surface area contributed by atoms with Gasteiger partial charge in [0, 0.05) is 25.2 Å². The number of aliphatic carboxylic acids is 1. The Hall–Kier alpha value is -3.60. The molecule has 11 heteroatoms. The first-order chi connectivity index (χ1) is 17.2. The number of halogens is 3. The summed E-state index contributed by atoms with van der Waals surface area (Å²) in [6.45, 7) is -0.0987. The standard InChI is InChI=1S/C25H23F3N2O5S/c26-17-3-1-2-14-10-20(36-22(14)17)23(31)29-8-9-30-24(32)21-18(27)11-16(12-19(21)28)35-15-6-4-13(5-7-15)25(33)34/h1-3,10-13,15H,4-9H2,(H,29,31)(H,30,32)(H,33,34)/t13-,15+. The van der Waals surface area contributed by atoms with Crippen LogP contribution in [0.4, 0.5) is 13.2 Å². The van der Waals surface area contributed by atoms with Crippen molar-refractivity contribution in [2.75, 3.05) is 13.1 Å². The Labute approximate surface area is 208 Å². The molecule has 1 saturated carbocycles. The summed E-state index contributed by atoms with van der Waals surface area (Å²) in [5, 5.41) is 14.6. The molecule has 0 saturated heterocycles. The fraction of sp³-hybridized carbons (Fsp3) is 0.320. The smallest absolute Gasteiger partial charge is 0.306 e. The lowest BCUT2D eigenvalue weighted by molar-refractivity contribution is -0.143. The van der Waals surface area contributed by atoms with E-state index in [-0.39, 0.29) is 24.9 Å². The van der Waals surface area contributed by atoms with Crippen molar-refractivity contribution >= 4 is 39.2 Å². The van der Waals surface area contributed by atoms with Crippen molar-refractivity contribution in [2.24, 2.45) is 5.92 Å². The molecule has 0 radical (unpaired) electrons. The number of carbonyl (C=O) groups is 3. The Kier molecular flexibility index (Phi) is 7.78. The number of rotatable bonds is 8. The van der Waals surface area contributed by atoms with Gasteiger partial charge >= 0.3 is 5.97 Å². The molecular weight excluding hydrogens is 497 g/mol. The largest absolute Gasteiger partial charge is 0.490 e. The van der Waals surface area contributed by atoms with Gasteiger partial charge < -0.3 is 20.5 Å². The molecule has 7 nitrogen and oxygen atoms in total. The lowest BCUT2D eigenvalue weighted by Crippen LogP contribution is -2.35. The molecule has 0 spiro atoms. The van der Waals surface area contributed by atoms with Crippen LogP contribution in [0.3, 0.4) is 0 Å². The van der Waals surface area contributed by atoms with Crippen molar-refractivity contribution in [3.8, 4) is 5.75 Å². The molecule has 190 valence electrons. The molecule has 2 amide bonds. The minimum Gasteiger partial charge on any atom is -0.490 e. The van der Waals surface area contributed by atoms with Gasteiger partial charge in [-0.3, -0.25) is 14.4 Å². The van der Waals surface area contributed by atoms with Crippen molar-refractivity contribution in [1.82, 2.24) is 10.6 Å². The van der Waals surface area contributed by atoms with Crippen LogP contribution >= 0.6 is 11.3 Å². The number of hydrogen-bond donors (Lipinski definition) is 3. The molecule has 2 aromatic carbocycles. The SMILES string of the molecule is O=C(NCCNC(=O)c1c(F)cc(O[C@H]2CC[C@@H](C(=O)O)CC2)cc1F)c1cc2cccc(F)c2s1. The van der Waals surface area contributed by atoms with Gasteiger partial charge in [-0.1, -0.05) is 12.1 Å². The number of fused-ring (bicyclic) bond motifs is 1. The maximum atomic E-state index is 14.5. The number of benzene rings is 2. The number of carboxylic acid groups (broad SMARTS) is 1. The molecule has 4 rings (SSSR count). The Morgan fingerprint density at radius 2 is 1.56 bits per heavy atom. The first-order valence-corrected chi connectivity index (χ1v) is 12.2. The maximum absolute atomic E-state index is 14.5. The number of amides is 2. The minimum absolute atomic E-state index is 0.00918. The maximum Gasteiger partial charge on any atom is 0.306 e. The third-order valence-electron chi connectivity index (χ3n) is 5.98. The number of nitrogens with one attached hydrogen (secondary N) is 2. The normalized spacial score (nSPS) is 17.5. The predicted octanol–water partition coefficient (Wildman–Crippen LogP) is 4.50. The Morgan fingerprint density at radius 1 is 0.917 bits per heavy atom. The zero-order valence-electron chi connectivity index (χ0n) is 19.0. The van der Waals surface area contributed by atoms with Crippen LogP contribution in [-0.2, 0) is 4.79 Å². The van der Waals surface area contributed by atoms with Crippen molar-refractivity contribution in [2.45, 2.75) is 31.8 Å². The first kappa shape index (κ1) is 25.5. The number of carbonyl (C=O) groups excluding carboxylic acids is 2. The number of ether oxygens (including phenoxy) is 1. The summed E-state index contributed by atoms with van der Waals surface area (Å²) in [6.07, 6.45) is 1.37. The predicted molar refractivity (Wildman–Crippen MR) is 127 cm³/mol. The Bertz CT molecular complexity index is 1280. The first-order valence-electron chi connectivity index (χ1n) is 11.4. The van der Waals surface area contributed by atoms with Crippen LogP contribution in [0.25, 0.3) is 10.1 Å². The zero-order valence-corrected chi connectivity index (χ0v) is 19.8. The van der Waals surface area contributed by atoms with Gasteiger partial charge in [-0.25, -0.2) is 13.2 Å². The second-order valence-corrected chi connectivity index (χ2v) is 9.52. The van der Waals surface area contributed by atoms with E-state index in [2.05, 4.69) is 10.6 Å². The van der Waals surface area contributed by atoms with E-state index in [1.54, 1.807) is 18.2 Å². The summed E-state index contributed by atoms with van der Waals surface area (Å²) in [6, 6.07) is 7.94. The second-order valence-electron chi connectivity index (χ2n) is 8.47. The summed E-state index contributed by atoms with van der Waals surface area (Å²) in [5.41, 5.74) is -0.775. The molecule has 0 aliphatic heterocycles. The van der Waals surface area contributed by atoms with Gasteiger partial charge in [0.2, 0.25) is 0 Å². The van der Waals surface area contributed by atoms with E-state index in [1.807, 2.05) is 0 Å². The van der Waals surface area contributed by atoms with Crippen LogP contribution in [0, 0.1) is 23.4 Å². The van der Waals surface area contributed by atoms with E-state index < -0.39 is 46.7 Å². The van der Waals surface area contributed by atoms with E-state index >= 15 is 0 Å². The van der Waals surface area contributed by atoms with Gasteiger partial charge in [0.1, 0.15) is 28.8 Å². The van der Waals surface area contributed by atoms with E-state index in [4.69, 9.17) is 9.84 Å². The summed E-state index contributed by atoms with van der Waals surface area (Å²) in [5.74, 6) is -5.45. The van der Waals surface area contributed by atoms with Crippen LogP contribution in [-0.4, -0.2) is 42.1 Å². The Balaban J connectivity index is 1.28. The number of carboxylic acids is 1. The molecule has 0 bridgehead atoms. The topological polar surface area (TPSA) is 105 Å². The summed E-state index contributed by atoms with van der Waals surface area (Å²) < 4.78 is 48.8. The monoisotopic (exact) mass is 520 g/mol. The van der Waals surface area contributed by atoms with Crippen molar-refractivity contribution in [1.29, 1.82) is 0 Å². The van der Waals surface area contributed by atoms with Crippen LogP contribution in [0.1, 0.15) is 45.7 Å². The quantitative estimate of drug-likeness (QED) is 0.380. The summed E-state index contributed by atoms with van der Waals surface area (Å²) >= 11 is 1.00. The van der Waals surface area contributed by atoms with Crippen molar-refractivity contribution < 1.29 is 37.4 Å². The van der Waals surface area contributed by atoms with E-state index in [1.165, 1.54) is 6.07 Å². The average Bonchev–Trinajstić information content (AvgIpc) is 3.28. The fourth-order valence-corrected chi connectivity index (χ4v) is 5.10. The zero-order chi connectivity index (χ0) is 25.8. The fourth-order valence-electron chi connectivity index (χ4n) is 4.12. The number of hydrogen-bond acceptors (Lipinski definition) is 5. The highest BCUT2D eigenvalue weighted by molar-refractivity contribution is 7.20. The molecule has 1 aliphatic rings. The lowest BCUT2D eigenvalue weighted by Gasteiger charge is -2.26. The Morgan fingerprint density at radius 3 is 2.17 bits per heavy atom. The lowest BCUT2D eigenvalue weighted by atomic mass is 9.87. The number of thiophene rings is 1. The molecule has 0 unspecified atom stereocenters. The summed E-state index contributed by atoms with van der Waals surface area (Å²) in [4.78, 5) is 36.0. The molecule has 3 aromatic rings. The molecule has 3 N–H and O–H groups in total. The average molecular weight is 521 g/mol. The molecule has 1 heterocycles. The van der Waals surface area contributed by atoms with E-state index in [0.29, 0.717) is 40.6 Å². The third kappa shape index (κ3) is 5.78. The van der Waals surface area contributed by atoms with E-state index in [0.717, 1.165) is 23.5 Å². The highest BCUT2D eigenvalue weighted by atomic mass is 32.1. The van der Waals surface area contributed by atoms with Crippen LogP contribution in [0.15, 0.2) is 36.4 Å². The third-order valence-corrected chi connectivity index (χ3v) is 7.14. The molecule has 36 heavy (non-hydrogen) atoms. The van der Waals surface area contributed by atoms with Gasteiger partial charge in [-0.15, -0.1) is 11.3 Å².